The summed E-state index contributed by atoms with van der Waals surface area (Å²) in [7, 11) is 1.50. The van der Waals surface area contributed by atoms with Crippen molar-refractivity contribution in [3.63, 3.8) is 0 Å². The number of aryl methyl sites for hydroxylation is 1. The molecule has 0 unspecified atom stereocenters. The number of carboxylic acids is 1. The van der Waals surface area contributed by atoms with E-state index >= 15 is 0 Å². The summed E-state index contributed by atoms with van der Waals surface area (Å²) in [5.41, 5.74) is 1.60. The lowest BCUT2D eigenvalue weighted by atomic mass is 10.1. The smallest absolute Gasteiger partial charge is 0.307 e. The molecule has 0 aliphatic heterocycles. The zero-order valence-corrected chi connectivity index (χ0v) is 7.57. The van der Waals surface area contributed by atoms with E-state index in [0.717, 1.165) is 11.1 Å². The van der Waals surface area contributed by atoms with Crippen LogP contribution in [0.25, 0.3) is 0 Å². The average molecular weight is 181 g/mol. The number of carboxylic acid groups (broad SMARTS) is 1. The number of carbonyl (C=O) groups is 1. The third-order valence-corrected chi connectivity index (χ3v) is 1.74. The molecule has 0 aliphatic carbocycles. The highest BCUT2D eigenvalue weighted by atomic mass is 16.5. The van der Waals surface area contributed by atoms with E-state index in [0.29, 0.717) is 5.88 Å². The van der Waals surface area contributed by atoms with Crippen molar-refractivity contribution in [1.29, 1.82) is 0 Å². The van der Waals surface area contributed by atoms with E-state index in [1.807, 2.05) is 6.92 Å². The number of aromatic nitrogens is 1. The Labute approximate surface area is 76.2 Å². The summed E-state index contributed by atoms with van der Waals surface area (Å²) in [5, 5.41) is 8.59. The lowest BCUT2D eigenvalue weighted by molar-refractivity contribution is -0.136. The van der Waals surface area contributed by atoms with Crippen molar-refractivity contribution in [2.45, 2.75) is 13.3 Å². The van der Waals surface area contributed by atoms with Crippen LogP contribution in [0.15, 0.2) is 12.3 Å². The first-order valence-electron chi connectivity index (χ1n) is 3.85. The predicted octanol–water partition coefficient (Wildman–Crippen LogP) is 1.03. The lowest BCUT2D eigenvalue weighted by Crippen LogP contribution is -2.03. The summed E-state index contributed by atoms with van der Waals surface area (Å²) in [6.45, 7) is 1.82. The van der Waals surface area contributed by atoms with Gasteiger partial charge in [-0.3, -0.25) is 4.79 Å². The number of methoxy groups -OCH3 is 1. The molecule has 0 aromatic carbocycles. The van der Waals surface area contributed by atoms with Gasteiger partial charge in [0.15, 0.2) is 0 Å². The van der Waals surface area contributed by atoms with E-state index in [1.165, 1.54) is 7.11 Å². The Morgan fingerprint density at radius 3 is 2.92 bits per heavy atom. The van der Waals surface area contributed by atoms with E-state index in [1.54, 1.807) is 12.3 Å². The van der Waals surface area contributed by atoms with Gasteiger partial charge in [0.05, 0.1) is 13.5 Å². The van der Waals surface area contributed by atoms with Gasteiger partial charge >= 0.3 is 5.97 Å². The van der Waals surface area contributed by atoms with Crippen LogP contribution >= 0.6 is 0 Å². The standard InChI is InChI=1S/C9H11NO3/c1-6-5-10-8(13-2)3-7(6)4-9(11)12/h3,5H,4H2,1-2H3,(H,11,12). The summed E-state index contributed by atoms with van der Waals surface area (Å²) < 4.78 is 4.89. The zero-order chi connectivity index (χ0) is 9.84. The van der Waals surface area contributed by atoms with Gasteiger partial charge in [-0.2, -0.15) is 0 Å². The van der Waals surface area contributed by atoms with E-state index < -0.39 is 5.97 Å². The molecule has 70 valence electrons. The van der Waals surface area contributed by atoms with Gasteiger partial charge in [-0.05, 0) is 18.1 Å². The minimum absolute atomic E-state index is 0.00468. The normalized spacial score (nSPS) is 9.69. The molecule has 1 aromatic heterocycles. The fourth-order valence-corrected chi connectivity index (χ4v) is 1.01. The van der Waals surface area contributed by atoms with Crippen molar-refractivity contribution in [3.8, 4) is 5.88 Å². The molecule has 0 atom stereocenters. The molecule has 1 heterocycles. The molecule has 0 radical (unpaired) electrons. The van der Waals surface area contributed by atoms with Gasteiger partial charge in [0.2, 0.25) is 5.88 Å². The molecular weight excluding hydrogens is 170 g/mol. The van der Waals surface area contributed by atoms with E-state index in [9.17, 15) is 4.79 Å². The number of aliphatic carboxylic acids is 1. The van der Waals surface area contributed by atoms with Crippen LogP contribution in [0, 0.1) is 6.92 Å². The highest BCUT2D eigenvalue weighted by molar-refractivity contribution is 5.70. The molecule has 1 aromatic rings. The maximum atomic E-state index is 10.5. The molecule has 4 heteroatoms. The topological polar surface area (TPSA) is 59.4 Å². The number of rotatable bonds is 3. The Hall–Kier alpha value is -1.58. The number of hydrogen-bond acceptors (Lipinski definition) is 3. The van der Waals surface area contributed by atoms with Crippen LogP contribution in [-0.4, -0.2) is 23.2 Å². The van der Waals surface area contributed by atoms with Crippen molar-refractivity contribution in [1.82, 2.24) is 4.98 Å². The van der Waals surface area contributed by atoms with Crippen molar-refractivity contribution >= 4 is 5.97 Å². The van der Waals surface area contributed by atoms with Crippen molar-refractivity contribution < 1.29 is 14.6 Å². The van der Waals surface area contributed by atoms with Gasteiger partial charge in [0.1, 0.15) is 0 Å². The molecule has 0 saturated heterocycles. The van der Waals surface area contributed by atoms with Gasteiger partial charge in [-0.1, -0.05) is 0 Å². The van der Waals surface area contributed by atoms with E-state index in [-0.39, 0.29) is 6.42 Å². The highest BCUT2D eigenvalue weighted by Crippen LogP contribution is 2.13. The number of ether oxygens (including phenoxy) is 1. The molecule has 4 nitrogen and oxygen atoms in total. The molecule has 0 fully saturated rings. The lowest BCUT2D eigenvalue weighted by Gasteiger charge is -2.04. The first-order valence-corrected chi connectivity index (χ1v) is 3.85. The van der Waals surface area contributed by atoms with Crippen LogP contribution in [0.4, 0.5) is 0 Å². The van der Waals surface area contributed by atoms with Gasteiger partial charge in [-0.25, -0.2) is 4.98 Å². The van der Waals surface area contributed by atoms with Crippen LogP contribution in [-0.2, 0) is 11.2 Å². The van der Waals surface area contributed by atoms with Crippen molar-refractivity contribution in [2.24, 2.45) is 0 Å². The summed E-state index contributed by atoms with van der Waals surface area (Å²) in [4.78, 5) is 14.4. The Morgan fingerprint density at radius 2 is 2.38 bits per heavy atom. The van der Waals surface area contributed by atoms with Gasteiger partial charge in [-0.15, -0.1) is 0 Å². The second-order valence-corrected chi connectivity index (χ2v) is 2.72. The molecule has 0 saturated carbocycles. The Morgan fingerprint density at radius 1 is 1.69 bits per heavy atom. The Balaban J connectivity index is 2.96. The molecule has 1 rings (SSSR count). The van der Waals surface area contributed by atoms with Crippen molar-refractivity contribution in [2.75, 3.05) is 7.11 Å². The third-order valence-electron chi connectivity index (χ3n) is 1.74. The van der Waals surface area contributed by atoms with Crippen LogP contribution in [0.5, 0.6) is 5.88 Å². The summed E-state index contributed by atoms with van der Waals surface area (Å²) in [5.74, 6) is -0.404. The summed E-state index contributed by atoms with van der Waals surface area (Å²) in [6, 6.07) is 1.64. The van der Waals surface area contributed by atoms with Gasteiger partial charge in [0, 0.05) is 12.3 Å². The molecule has 0 bridgehead atoms. The maximum Gasteiger partial charge on any atom is 0.307 e. The third kappa shape index (κ3) is 2.43. The van der Waals surface area contributed by atoms with E-state index in [2.05, 4.69) is 4.98 Å². The van der Waals surface area contributed by atoms with Crippen LogP contribution in [0.3, 0.4) is 0 Å². The fourth-order valence-electron chi connectivity index (χ4n) is 1.01. The molecular formula is C9H11NO3. The highest BCUT2D eigenvalue weighted by Gasteiger charge is 2.05. The SMILES string of the molecule is COc1cc(CC(=O)O)c(C)cn1. The van der Waals surface area contributed by atoms with Crippen LogP contribution in [0.1, 0.15) is 11.1 Å². The fraction of sp³-hybridized carbons (Fsp3) is 0.333. The zero-order valence-electron chi connectivity index (χ0n) is 7.57. The summed E-state index contributed by atoms with van der Waals surface area (Å²) in [6.07, 6.45) is 1.61. The molecule has 0 amide bonds. The molecule has 0 spiro atoms. The quantitative estimate of drug-likeness (QED) is 0.756. The van der Waals surface area contributed by atoms with Gasteiger partial charge in [0.25, 0.3) is 0 Å². The second-order valence-electron chi connectivity index (χ2n) is 2.72. The Bertz CT molecular complexity index is 323. The summed E-state index contributed by atoms with van der Waals surface area (Å²) >= 11 is 0. The largest absolute Gasteiger partial charge is 0.481 e. The first-order chi connectivity index (χ1) is 6.13. The molecule has 1 N–H and O–H groups in total. The van der Waals surface area contributed by atoms with E-state index in [4.69, 9.17) is 9.84 Å². The average Bonchev–Trinajstić information content (AvgIpc) is 2.08. The second kappa shape index (κ2) is 3.89. The molecule has 13 heavy (non-hydrogen) atoms. The number of hydrogen-bond donors (Lipinski definition) is 1. The number of nitrogens with zero attached hydrogens (tertiary/aromatic N) is 1. The maximum absolute atomic E-state index is 10.5. The Kier molecular flexibility index (Phi) is 2.84. The van der Waals surface area contributed by atoms with Crippen molar-refractivity contribution in [3.05, 3.63) is 23.4 Å². The first kappa shape index (κ1) is 9.51. The van der Waals surface area contributed by atoms with Crippen LogP contribution in [0.2, 0.25) is 0 Å². The number of pyridine rings is 1. The molecule has 0 aliphatic rings. The van der Waals surface area contributed by atoms with Crippen LogP contribution < -0.4 is 4.74 Å². The monoisotopic (exact) mass is 181 g/mol. The predicted molar refractivity (Wildman–Crippen MR) is 46.9 cm³/mol. The minimum atomic E-state index is -0.851. The minimum Gasteiger partial charge on any atom is -0.481 e. The van der Waals surface area contributed by atoms with Gasteiger partial charge < -0.3 is 9.84 Å².